The molecule has 3 amide bonds. The number of hydrogen-bond acceptors (Lipinski definition) is 8. The van der Waals surface area contributed by atoms with Crippen molar-refractivity contribution in [1.82, 2.24) is 9.80 Å². The Labute approximate surface area is 308 Å². The average Bonchev–Trinajstić information content (AvgIpc) is 3.12. The summed E-state index contributed by atoms with van der Waals surface area (Å²) in [4.78, 5) is 30.3. The second-order valence-electron chi connectivity index (χ2n) is 13.2. The maximum atomic E-state index is 14.4. The predicted octanol–water partition coefficient (Wildman–Crippen LogP) is 6.47. The van der Waals surface area contributed by atoms with Crippen molar-refractivity contribution < 1.29 is 50.5 Å². The van der Waals surface area contributed by atoms with Crippen molar-refractivity contribution in [3.05, 3.63) is 77.9 Å². The molecule has 0 aliphatic carbocycles. The van der Waals surface area contributed by atoms with Gasteiger partial charge in [-0.25, -0.2) is 13.2 Å². The summed E-state index contributed by atoms with van der Waals surface area (Å²) in [5, 5.41) is 12.8. The second kappa shape index (κ2) is 18.0. The molecule has 12 nitrogen and oxygen atoms in total. The Morgan fingerprint density at radius 3 is 2.34 bits per heavy atom. The lowest BCUT2D eigenvalue weighted by atomic mass is 10.0. The summed E-state index contributed by atoms with van der Waals surface area (Å²) in [7, 11) is -1.05. The van der Waals surface area contributed by atoms with Crippen LogP contribution in [-0.2, 0) is 20.9 Å². The molecular formula is C37H47F3N4O8S. The number of fused-ring (bicyclic) bond motifs is 1. The summed E-state index contributed by atoms with van der Waals surface area (Å²) in [5.41, 5.74) is -0.445. The van der Waals surface area contributed by atoms with Gasteiger partial charge in [-0.3, -0.25) is 9.52 Å². The zero-order valence-corrected chi connectivity index (χ0v) is 31.2. The number of nitrogens with zero attached hydrogens (tertiary/aromatic N) is 2. The van der Waals surface area contributed by atoms with Gasteiger partial charge in [-0.15, -0.1) is 0 Å². The number of carbonyl (C=O) groups excluding carboxylic acids is 2. The van der Waals surface area contributed by atoms with E-state index >= 15 is 0 Å². The number of aliphatic hydroxyl groups is 1. The number of ether oxygens (including phenoxy) is 3. The first-order valence-corrected chi connectivity index (χ1v) is 18.7. The van der Waals surface area contributed by atoms with Gasteiger partial charge in [0.05, 0.1) is 48.0 Å². The molecule has 1 heterocycles. The highest BCUT2D eigenvalue weighted by molar-refractivity contribution is 7.92. The molecule has 1 aliphatic rings. The molecule has 0 aromatic heterocycles. The standard InChI is InChI=1S/C37H47F3N4O8S/c1-24-21-44(25(2)23-45)35(46)32-20-29(42-53(48,49)31-16-14-30(50-5)15-17-31)13-18-33(32)52-26(3)8-6-7-19-51-34(24)22-43(4)36(47)41-28-11-9-27(10-12-28)37(38,39)40/h9-18,20,24-26,34,42,45H,6-8,19,21-23H2,1-5H3,(H,41,47)/t24-,25+,26-,34-/m0/s1. The van der Waals surface area contributed by atoms with E-state index in [1.54, 1.807) is 13.0 Å². The van der Waals surface area contributed by atoms with Gasteiger partial charge in [0.15, 0.2) is 0 Å². The highest BCUT2D eigenvalue weighted by Gasteiger charge is 2.32. The number of aliphatic hydroxyl groups excluding tert-OH is 1. The van der Waals surface area contributed by atoms with Gasteiger partial charge in [-0.05, 0) is 99.8 Å². The maximum absolute atomic E-state index is 14.4. The van der Waals surface area contributed by atoms with Crippen LogP contribution >= 0.6 is 0 Å². The van der Waals surface area contributed by atoms with Gasteiger partial charge < -0.3 is 34.4 Å². The highest BCUT2D eigenvalue weighted by Crippen LogP contribution is 2.31. The second-order valence-corrected chi connectivity index (χ2v) is 14.9. The van der Waals surface area contributed by atoms with E-state index in [9.17, 15) is 36.3 Å². The Bertz CT molecular complexity index is 1790. The van der Waals surface area contributed by atoms with Crippen LogP contribution < -0.4 is 19.5 Å². The number of nitrogens with one attached hydrogen (secondary N) is 2. The van der Waals surface area contributed by atoms with Gasteiger partial charge in [0.1, 0.15) is 11.5 Å². The third kappa shape index (κ3) is 11.2. The van der Waals surface area contributed by atoms with Gasteiger partial charge in [0.25, 0.3) is 15.9 Å². The first-order valence-electron chi connectivity index (χ1n) is 17.2. The van der Waals surface area contributed by atoms with Gasteiger partial charge in [-0.1, -0.05) is 6.92 Å². The van der Waals surface area contributed by atoms with Crippen LogP contribution in [-0.4, -0.2) is 94.0 Å². The van der Waals surface area contributed by atoms with Crippen molar-refractivity contribution in [2.24, 2.45) is 5.92 Å². The van der Waals surface area contributed by atoms with E-state index in [1.165, 1.54) is 72.5 Å². The molecule has 3 N–H and O–H groups in total. The maximum Gasteiger partial charge on any atom is 0.416 e. The van der Waals surface area contributed by atoms with Gasteiger partial charge >= 0.3 is 12.2 Å². The van der Waals surface area contributed by atoms with Crippen LogP contribution in [0.4, 0.5) is 29.3 Å². The lowest BCUT2D eigenvalue weighted by Gasteiger charge is -2.35. The van der Waals surface area contributed by atoms with Crippen LogP contribution in [0.3, 0.4) is 0 Å². The molecule has 0 fully saturated rings. The van der Waals surface area contributed by atoms with E-state index in [1.807, 2.05) is 13.8 Å². The number of rotatable bonds is 9. The van der Waals surface area contributed by atoms with Crippen molar-refractivity contribution in [2.45, 2.75) is 69.4 Å². The van der Waals surface area contributed by atoms with Crippen LogP contribution in [0.25, 0.3) is 0 Å². The molecular weight excluding hydrogens is 717 g/mol. The first-order chi connectivity index (χ1) is 25.0. The van der Waals surface area contributed by atoms with E-state index in [-0.39, 0.29) is 53.4 Å². The molecule has 3 aromatic carbocycles. The Hall–Kier alpha value is -4.54. The number of benzene rings is 3. The Kier molecular flexibility index (Phi) is 14.0. The molecule has 53 heavy (non-hydrogen) atoms. The number of sulfonamides is 1. The fraction of sp³-hybridized carbons (Fsp3) is 0.459. The molecule has 1 aliphatic heterocycles. The van der Waals surface area contributed by atoms with Crippen LogP contribution in [0.5, 0.6) is 11.5 Å². The minimum atomic E-state index is -4.51. The molecule has 3 aromatic rings. The summed E-state index contributed by atoms with van der Waals surface area (Å²) >= 11 is 0. The van der Waals surface area contributed by atoms with Crippen molar-refractivity contribution in [2.75, 3.05) is 50.5 Å². The first kappa shape index (κ1) is 41.2. The van der Waals surface area contributed by atoms with Crippen LogP contribution in [0.2, 0.25) is 0 Å². The van der Waals surface area contributed by atoms with E-state index in [4.69, 9.17) is 14.2 Å². The molecule has 0 bridgehead atoms. The third-order valence-electron chi connectivity index (χ3n) is 8.94. The number of anilines is 2. The Morgan fingerprint density at radius 2 is 1.72 bits per heavy atom. The van der Waals surface area contributed by atoms with Crippen LogP contribution in [0.1, 0.15) is 56.0 Å². The third-order valence-corrected chi connectivity index (χ3v) is 10.3. The van der Waals surface area contributed by atoms with Gasteiger partial charge in [-0.2, -0.15) is 13.2 Å². The van der Waals surface area contributed by atoms with Crippen LogP contribution in [0.15, 0.2) is 71.6 Å². The van der Waals surface area contributed by atoms with E-state index < -0.39 is 51.8 Å². The van der Waals surface area contributed by atoms with Crippen molar-refractivity contribution in [1.29, 1.82) is 0 Å². The minimum Gasteiger partial charge on any atom is -0.497 e. The molecule has 0 spiro atoms. The molecule has 290 valence electrons. The summed E-state index contributed by atoms with van der Waals surface area (Å²) < 4.78 is 85.7. The fourth-order valence-electron chi connectivity index (χ4n) is 5.73. The number of halogens is 3. The number of alkyl halides is 3. The van der Waals surface area contributed by atoms with Gasteiger partial charge in [0.2, 0.25) is 0 Å². The van der Waals surface area contributed by atoms with Crippen molar-refractivity contribution in [3.8, 4) is 11.5 Å². The molecule has 4 atom stereocenters. The largest absolute Gasteiger partial charge is 0.497 e. The summed E-state index contributed by atoms with van der Waals surface area (Å²) in [6, 6.07) is 13.2. The predicted molar refractivity (Wildman–Crippen MR) is 194 cm³/mol. The van der Waals surface area contributed by atoms with Crippen molar-refractivity contribution in [3.63, 3.8) is 0 Å². The van der Waals surface area contributed by atoms with Crippen LogP contribution in [0, 0.1) is 5.92 Å². The molecule has 0 unspecified atom stereocenters. The lowest BCUT2D eigenvalue weighted by molar-refractivity contribution is -0.137. The van der Waals surface area contributed by atoms with E-state index in [0.717, 1.165) is 18.6 Å². The molecule has 0 saturated heterocycles. The van der Waals surface area contributed by atoms with Gasteiger partial charge in [0, 0.05) is 44.0 Å². The summed E-state index contributed by atoms with van der Waals surface area (Å²) in [6.07, 6.45) is -3.39. The zero-order chi connectivity index (χ0) is 38.9. The topological polar surface area (TPSA) is 147 Å². The lowest BCUT2D eigenvalue weighted by Crippen LogP contribution is -2.48. The number of methoxy groups -OCH3 is 1. The highest BCUT2D eigenvalue weighted by atomic mass is 32.2. The molecule has 16 heteroatoms. The number of amides is 3. The molecule has 4 rings (SSSR count). The number of urea groups is 1. The number of carbonyl (C=O) groups is 2. The monoisotopic (exact) mass is 764 g/mol. The van der Waals surface area contributed by atoms with E-state index in [0.29, 0.717) is 25.2 Å². The fourth-order valence-corrected chi connectivity index (χ4v) is 6.78. The average molecular weight is 765 g/mol. The normalized spacial score (nSPS) is 19.6. The minimum absolute atomic E-state index is 0.0111. The SMILES string of the molecule is COc1ccc(S(=O)(=O)Nc2ccc3c(c2)C(=O)N([C@H](C)CO)C[C@H](C)[C@H](CN(C)C(=O)Nc2ccc(C(F)(F)F)cc2)OCCCC[C@H](C)O3)cc1. The quantitative estimate of drug-likeness (QED) is 0.225. The smallest absolute Gasteiger partial charge is 0.416 e. The number of likely N-dealkylation sites (N-methyl/N-ethyl adjacent to an activating group) is 1. The molecule has 0 radical (unpaired) electrons. The molecule has 0 saturated carbocycles. The Balaban J connectivity index is 1.59. The summed E-state index contributed by atoms with van der Waals surface area (Å²) in [6.45, 7) is 5.52. The van der Waals surface area contributed by atoms with E-state index in [2.05, 4.69) is 10.0 Å². The van der Waals surface area contributed by atoms with Crippen molar-refractivity contribution >= 4 is 33.3 Å². The number of hydrogen-bond donors (Lipinski definition) is 3. The summed E-state index contributed by atoms with van der Waals surface area (Å²) in [5.74, 6) is -0.171. The zero-order valence-electron chi connectivity index (χ0n) is 30.4. The Morgan fingerprint density at radius 1 is 1.06 bits per heavy atom.